The van der Waals surface area contributed by atoms with E-state index in [-0.39, 0.29) is 0 Å². The Bertz CT molecular complexity index is 529. The van der Waals surface area contributed by atoms with Gasteiger partial charge >= 0.3 is 0 Å². The zero-order valence-electron chi connectivity index (χ0n) is 8.80. The highest BCUT2D eigenvalue weighted by atomic mass is 32.2. The van der Waals surface area contributed by atoms with Crippen molar-refractivity contribution in [3.63, 3.8) is 0 Å². The molecule has 1 aliphatic heterocycles. The number of fused-ring (bicyclic) bond motifs is 1. The highest BCUT2D eigenvalue weighted by Gasteiger charge is 2.20. The largest absolute Gasteiger partial charge is 0.306 e. The molecule has 0 amide bonds. The first-order valence-corrected chi connectivity index (χ1v) is 6.54. The van der Waals surface area contributed by atoms with Gasteiger partial charge in [-0.15, -0.1) is 0 Å². The van der Waals surface area contributed by atoms with Gasteiger partial charge in [-0.3, -0.25) is 4.79 Å². The minimum absolute atomic E-state index is 0.560. The second-order valence-electron chi connectivity index (χ2n) is 4.04. The summed E-state index contributed by atoms with van der Waals surface area (Å²) in [6, 6.07) is 3.69. The maximum absolute atomic E-state index is 10.9. The molecule has 16 heavy (non-hydrogen) atoms. The number of carbonyl (C=O) groups excluding carboxylic acids is 1. The van der Waals surface area contributed by atoms with E-state index >= 15 is 0 Å². The lowest BCUT2D eigenvalue weighted by Crippen LogP contribution is -1.95. The molecule has 0 saturated carbocycles. The van der Waals surface area contributed by atoms with Gasteiger partial charge in [0.25, 0.3) is 0 Å². The molecule has 1 atom stereocenters. The predicted molar refractivity (Wildman–Crippen MR) is 65.3 cm³/mol. The lowest BCUT2D eigenvalue weighted by atomic mass is 10.1. The van der Waals surface area contributed by atoms with Crippen LogP contribution in [0.1, 0.15) is 28.4 Å². The molecule has 0 bridgehead atoms. The molecule has 0 N–H and O–H groups in total. The van der Waals surface area contributed by atoms with E-state index < -0.39 is 0 Å². The predicted octanol–water partition coefficient (Wildman–Crippen LogP) is 2.37. The van der Waals surface area contributed by atoms with E-state index in [9.17, 15) is 4.79 Å². The molecule has 3 heterocycles. The lowest BCUT2D eigenvalue weighted by molar-refractivity contribution is 0.112. The molecule has 0 spiro atoms. The number of aldehydes is 1. The van der Waals surface area contributed by atoms with E-state index in [0.29, 0.717) is 11.5 Å². The van der Waals surface area contributed by atoms with Crippen molar-refractivity contribution in [2.24, 2.45) is 0 Å². The zero-order valence-corrected chi connectivity index (χ0v) is 9.61. The van der Waals surface area contributed by atoms with Crippen molar-refractivity contribution in [3.05, 3.63) is 35.8 Å². The van der Waals surface area contributed by atoms with Crippen LogP contribution in [0.4, 0.5) is 0 Å². The number of nitrogens with zero attached hydrogens (tertiary/aromatic N) is 2. The fourth-order valence-corrected chi connectivity index (χ4v) is 3.35. The third-order valence-corrected chi connectivity index (χ3v) is 4.17. The summed E-state index contributed by atoms with van der Waals surface area (Å²) in [6.45, 7) is 0. The summed E-state index contributed by atoms with van der Waals surface area (Å²) in [4.78, 5) is 15.5. The number of pyridine rings is 1. The van der Waals surface area contributed by atoms with Crippen LogP contribution in [0.2, 0.25) is 0 Å². The lowest BCUT2D eigenvalue weighted by Gasteiger charge is -2.01. The molecular formula is C12H12N2OS. The normalized spacial score (nSPS) is 20.4. The van der Waals surface area contributed by atoms with Crippen molar-refractivity contribution in [1.29, 1.82) is 0 Å². The van der Waals surface area contributed by atoms with Crippen LogP contribution in [0.15, 0.2) is 24.5 Å². The second kappa shape index (κ2) is 3.94. The van der Waals surface area contributed by atoms with Crippen LogP contribution >= 0.6 is 11.8 Å². The minimum atomic E-state index is 0.560. The molecular weight excluding hydrogens is 220 g/mol. The van der Waals surface area contributed by atoms with E-state index in [4.69, 9.17) is 0 Å². The van der Waals surface area contributed by atoms with Crippen LogP contribution in [-0.2, 0) is 0 Å². The van der Waals surface area contributed by atoms with Gasteiger partial charge in [0.2, 0.25) is 0 Å². The van der Waals surface area contributed by atoms with Gasteiger partial charge in [-0.25, -0.2) is 4.98 Å². The summed E-state index contributed by atoms with van der Waals surface area (Å²) in [5.74, 6) is 2.93. The Morgan fingerprint density at radius 1 is 1.56 bits per heavy atom. The van der Waals surface area contributed by atoms with Crippen molar-refractivity contribution in [3.8, 4) is 0 Å². The number of thioether (sulfide) groups is 1. The number of hydrogen-bond donors (Lipinski definition) is 0. The Balaban J connectivity index is 2.11. The first-order valence-electron chi connectivity index (χ1n) is 5.39. The molecule has 82 valence electrons. The van der Waals surface area contributed by atoms with Gasteiger partial charge in [0.1, 0.15) is 5.65 Å². The Morgan fingerprint density at radius 3 is 3.25 bits per heavy atom. The molecule has 2 aromatic rings. The van der Waals surface area contributed by atoms with Gasteiger partial charge in [-0.05, 0) is 24.3 Å². The fraction of sp³-hybridized carbons (Fsp3) is 0.333. The molecule has 0 radical (unpaired) electrons. The van der Waals surface area contributed by atoms with Crippen molar-refractivity contribution in [2.45, 2.75) is 12.3 Å². The number of carbonyl (C=O) groups is 1. The number of hydrogen-bond acceptors (Lipinski definition) is 3. The smallest absolute Gasteiger partial charge is 0.153 e. The standard InChI is InChI=1S/C12H12N2OS/c15-7-9-2-1-4-14-6-11(13-12(9)14)10-3-5-16-8-10/h1-2,4,6-7,10H,3,5,8H2. The van der Waals surface area contributed by atoms with Gasteiger partial charge < -0.3 is 4.40 Å². The quantitative estimate of drug-likeness (QED) is 0.745. The molecule has 0 aromatic carbocycles. The van der Waals surface area contributed by atoms with Crippen LogP contribution in [0.5, 0.6) is 0 Å². The zero-order chi connectivity index (χ0) is 11.0. The number of imidazole rings is 1. The molecule has 4 heteroatoms. The van der Waals surface area contributed by atoms with E-state index in [2.05, 4.69) is 11.2 Å². The Kier molecular flexibility index (Phi) is 2.44. The fourth-order valence-electron chi connectivity index (χ4n) is 2.11. The maximum atomic E-state index is 10.9. The SMILES string of the molecule is O=Cc1cccn2cc(C3CCSC3)nc12. The first-order chi connectivity index (χ1) is 7.88. The van der Waals surface area contributed by atoms with Crippen LogP contribution in [0, 0.1) is 0 Å². The van der Waals surface area contributed by atoms with Crippen molar-refractivity contribution >= 4 is 23.7 Å². The highest BCUT2D eigenvalue weighted by molar-refractivity contribution is 7.99. The van der Waals surface area contributed by atoms with Gasteiger partial charge in [-0.1, -0.05) is 0 Å². The summed E-state index contributed by atoms with van der Waals surface area (Å²) in [5, 5.41) is 0. The number of aromatic nitrogens is 2. The summed E-state index contributed by atoms with van der Waals surface area (Å²) in [7, 11) is 0. The first kappa shape index (κ1) is 9.90. The minimum Gasteiger partial charge on any atom is -0.306 e. The second-order valence-corrected chi connectivity index (χ2v) is 5.19. The summed E-state index contributed by atoms with van der Waals surface area (Å²) < 4.78 is 1.95. The van der Waals surface area contributed by atoms with Gasteiger partial charge in [-0.2, -0.15) is 11.8 Å². The molecule has 3 rings (SSSR count). The Labute approximate surface area is 97.9 Å². The van der Waals surface area contributed by atoms with Crippen LogP contribution in [0.25, 0.3) is 5.65 Å². The molecule has 2 aromatic heterocycles. The average Bonchev–Trinajstić information content (AvgIpc) is 2.96. The van der Waals surface area contributed by atoms with Gasteiger partial charge in [0, 0.05) is 24.1 Å². The highest BCUT2D eigenvalue weighted by Crippen LogP contribution is 2.31. The maximum Gasteiger partial charge on any atom is 0.153 e. The molecule has 1 saturated heterocycles. The average molecular weight is 232 g/mol. The molecule has 0 aliphatic carbocycles. The summed E-state index contributed by atoms with van der Waals surface area (Å²) >= 11 is 1.98. The van der Waals surface area contributed by atoms with Gasteiger partial charge in [0.05, 0.1) is 11.3 Å². The van der Waals surface area contributed by atoms with Crippen LogP contribution < -0.4 is 0 Å². The third-order valence-electron chi connectivity index (χ3n) is 3.01. The van der Waals surface area contributed by atoms with E-state index in [1.807, 2.05) is 34.5 Å². The Hall–Kier alpha value is -1.29. The molecule has 1 fully saturated rings. The van der Waals surface area contributed by atoms with E-state index in [1.165, 1.54) is 12.2 Å². The third kappa shape index (κ3) is 1.53. The number of rotatable bonds is 2. The van der Waals surface area contributed by atoms with E-state index in [0.717, 1.165) is 23.4 Å². The summed E-state index contributed by atoms with van der Waals surface area (Å²) in [6.07, 6.45) is 6.07. The molecule has 1 aliphatic rings. The monoisotopic (exact) mass is 232 g/mol. The van der Waals surface area contributed by atoms with E-state index in [1.54, 1.807) is 0 Å². The van der Waals surface area contributed by atoms with Gasteiger partial charge in [0.15, 0.2) is 6.29 Å². The topological polar surface area (TPSA) is 34.4 Å². The summed E-state index contributed by atoms with van der Waals surface area (Å²) in [5.41, 5.74) is 2.57. The van der Waals surface area contributed by atoms with Crippen molar-refractivity contribution < 1.29 is 4.79 Å². The van der Waals surface area contributed by atoms with Crippen LogP contribution in [-0.4, -0.2) is 27.2 Å². The van der Waals surface area contributed by atoms with Crippen molar-refractivity contribution in [1.82, 2.24) is 9.38 Å². The van der Waals surface area contributed by atoms with Crippen molar-refractivity contribution in [2.75, 3.05) is 11.5 Å². The Morgan fingerprint density at radius 2 is 2.50 bits per heavy atom. The molecule has 3 nitrogen and oxygen atoms in total. The molecule has 1 unspecified atom stereocenters. The van der Waals surface area contributed by atoms with Crippen LogP contribution in [0.3, 0.4) is 0 Å².